The van der Waals surface area contributed by atoms with E-state index in [1.54, 1.807) is 12.0 Å². The lowest BCUT2D eigenvalue weighted by molar-refractivity contribution is -0.144. The second-order valence-electron chi connectivity index (χ2n) is 11.0. The standard InChI is InChI=1S/C26H34F3N3O3/c1-25(10-20(11-25)34-2)24(33)31-23-12-30-22-4-3-19(9-21(22)23)35-6-5-16-7-17-13-32(14-18(17)8-16)15-26(27,28)29/h3-4,9,12,16-18,20,30H,5-8,10-11,13-15H2,1-2H3,(H,31,33)/t16-,17-,18+,20-,25+. The number of anilines is 1. The number of aromatic amines is 1. The molecular formula is C26H34F3N3O3. The zero-order chi connectivity index (χ0) is 24.8. The number of ether oxygens (including phenoxy) is 2. The van der Waals surface area contributed by atoms with E-state index in [2.05, 4.69) is 10.3 Å². The first kappa shape index (κ1) is 24.4. The van der Waals surface area contributed by atoms with Gasteiger partial charge >= 0.3 is 6.18 Å². The highest BCUT2D eigenvalue weighted by Crippen LogP contribution is 2.44. The van der Waals surface area contributed by atoms with Crippen LogP contribution in [-0.2, 0) is 9.53 Å². The molecule has 6 nitrogen and oxygen atoms in total. The molecule has 0 bridgehead atoms. The van der Waals surface area contributed by atoms with Gasteiger partial charge in [-0.25, -0.2) is 0 Å². The summed E-state index contributed by atoms with van der Waals surface area (Å²) in [5.74, 6) is 2.00. The number of rotatable bonds is 8. The minimum absolute atomic E-state index is 0.00129. The van der Waals surface area contributed by atoms with Gasteiger partial charge in [-0.2, -0.15) is 13.2 Å². The summed E-state index contributed by atoms with van der Waals surface area (Å²) < 4.78 is 49.4. The van der Waals surface area contributed by atoms with Crippen molar-refractivity contribution >= 4 is 22.5 Å². The van der Waals surface area contributed by atoms with Gasteiger partial charge < -0.3 is 19.8 Å². The molecular weight excluding hydrogens is 459 g/mol. The zero-order valence-corrected chi connectivity index (χ0v) is 20.3. The van der Waals surface area contributed by atoms with Crippen LogP contribution in [0.3, 0.4) is 0 Å². The van der Waals surface area contributed by atoms with Gasteiger partial charge in [0.1, 0.15) is 5.75 Å². The predicted molar refractivity (Wildman–Crippen MR) is 127 cm³/mol. The van der Waals surface area contributed by atoms with Crippen LogP contribution in [-0.4, -0.2) is 61.4 Å². The molecule has 1 saturated heterocycles. The Hall–Kier alpha value is -2.26. The van der Waals surface area contributed by atoms with Crippen LogP contribution in [0.25, 0.3) is 10.9 Å². The van der Waals surface area contributed by atoms with Crippen molar-refractivity contribution in [3.63, 3.8) is 0 Å². The maximum Gasteiger partial charge on any atom is 0.401 e. The maximum absolute atomic E-state index is 12.8. The smallest absolute Gasteiger partial charge is 0.401 e. The van der Waals surface area contributed by atoms with Gasteiger partial charge in [-0.3, -0.25) is 9.69 Å². The van der Waals surface area contributed by atoms with Crippen molar-refractivity contribution < 1.29 is 27.4 Å². The Kier molecular flexibility index (Phi) is 6.50. The van der Waals surface area contributed by atoms with Gasteiger partial charge in [0.05, 0.1) is 30.4 Å². The molecule has 2 heterocycles. The molecule has 0 unspecified atom stereocenters. The number of fused-ring (bicyclic) bond motifs is 2. The summed E-state index contributed by atoms with van der Waals surface area (Å²) >= 11 is 0. The number of carbonyl (C=O) groups excluding carboxylic acids is 1. The summed E-state index contributed by atoms with van der Waals surface area (Å²) in [5, 5.41) is 3.97. The van der Waals surface area contributed by atoms with Gasteiger partial charge in [0.25, 0.3) is 0 Å². The highest BCUT2D eigenvalue weighted by atomic mass is 19.4. The van der Waals surface area contributed by atoms with Crippen LogP contribution in [0.2, 0.25) is 0 Å². The molecule has 0 radical (unpaired) electrons. The largest absolute Gasteiger partial charge is 0.494 e. The van der Waals surface area contributed by atoms with Crippen molar-refractivity contribution in [2.24, 2.45) is 23.2 Å². The minimum Gasteiger partial charge on any atom is -0.494 e. The lowest BCUT2D eigenvalue weighted by Crippen LogP contribution is -2.48. The molecule has 5 rings (SSSR count). The Morgan fingerprint density at radius 3 is 2.60 bits per heavy atom. The molecule has 1 aromatic heterocycles. The third-order valence-corrected chi connectivity index (χ3v) is 8.26. The van der Waals surface area contributed by atoms with E-state index in [1.807, 2.05) is 31.3 Å². The second-order valence-corrected chi connectivity index (χ2v) is 11.0. The summed E-state index contributed by atoms with van der Waals surface area (Å²) in [6, 6.07) is 5.81. The zero-order valence-electron chi connectivity index (χ0n) is 20.3. The molecule has 1 aliphatic heterocycles. The lowest BCUT2D eigenvalue weighted by atomic mass is 9.67. The van der Waals surface area contributed by atoms with Crippen LogP contribution in [0.15, 0.2) is 24.4 Å². The van der Waals surface area contributed by atoms with Crippen LogP contribution in [0, 0.1) is 23.2 Å². The number of H-pyrrole nitrogens is 1. The van der Waals surface area contributed by atoms with Crippen molar-refractivity contribution in [3.8, 4) is 5.75 Å². The Labute approximate surface area is 203 Å². The molecule has 9 heteroatoms. The number of carbonyl (C=O) groups is 1. The summed E-state index contributed by atoms with van der Waals surface area (Å²) in [7, 11) is 1.67. The Morgan fingerprint density at radius 1 is 1.23 bits per heavy atom. The maximum atomic E-state index is 12.8. The SMILES string of the molecule is CO[C@H]1C[C@@](C)(C(=O)Nc2c[nH]c3ccc(OCC[C@@H]4C[C@@H]5CN(CC(F)(F)F)C[C@@H]5C4)cc23)C1. The third kappa shape index (κ3) is 5.31. The van der Waals surface area contributed by atoms with Crippen molar-refractivity contribution in [3.05, 3.63) is 24.4 Å². The monoisotopic (exact) mass is 493 g/mol. The fraction of sp³-hybridized carbons (Fsp3) is 0.654. The molecule has 35 heavy (non-hydrogen) atoms. The second kappa shape index (κ2) is 9.32. The summed E-state index contributed by atoms with van der Waals surface area (Å²) in [5.41, 5.74) is 1.25. The lowest BCUT2D eigenvalue weighted by Gasteiger charge is -2.42. The fourth-order valence-corrected chi connectivity index (χ4v) is 6.35. The van der Waals surface area contributed by atoms with Gasteiger partial charge in [0.2, 0.25) is 5.91 Å². The molecule has 3 atom stereocenters. The number of alkyl halides is 3. The van der Waals surface area contributed by atoms with Gasteiger partial charge in [-0.1, -0.05) is 6.92 Å². The van der Waals surface area contributed by atoms with Crippen LogP contribution in [0.4, 0.5) is 18.9 Å². The van der Waals surface area contributed by atoms with E-state index in [0.717, 1.165) is 54.4 Å². The van der Waals surface area contributed by atoms with Crippen molar-refractivity contribution in [1.82, 2.24) is 9.88 Å². The van der Waals surface area contributed by atoms with Crippen molar-refractivity contribution in [1.29, 1.82) is 0 Å². The number of amides is 1. The number of hydrogen-bond donors (Lipinski definition) is 2. The molecule has 3 fully saturated rings. The molecule has 2 N–H and O–H groups in total. The summed E-state index contributed by atoms with van der Waals surface area (Å²) in [6.45, 7) is 2.87. The third-order valence-electron chi connectivity index (χ3n) is 8.26. The number of nitrogens with zero attached hydrogens (tertiary/aromatic N) is 1. The predicted octanol–water partition coefficient (Wildman–Crippen LogP) is 5.21. The normalized spacial score (nSPS) is 30.9. The molecule has 2 aromatic rings. The van der Waals surface area contributed by atoms with Crippen molar-refractivity contribution in [2.45, 2.75) is 51.3 Å². The number of halogens is 3. The number of benzene rings is 1. The van der Waals surface area contributed by atoms with E-state index in [0.29, 0.717) is 37.5 Å². The Balaban J connectivity index is 1.11. The highest BCUT2D eigenvalue weighted by Gasteiger charge is 2.46. The highest BCUT2D eigenvalue weighted by molar-refractivity contribution is 6.04. The molecule has 1 aromatic carbocycles. The number of methoxy groups -OCH3 is 1. The number of aromatic nitrogens is 1. The average molecular weight is 494 g/mol. The average Bonchev–Trinajstić information content (AvgIpc) is 3.43. The van der Waals surface area contributed by atoms with E-state index < -0.39 is 18.1 Å². The quantitative estimate of drug-likeness (QED) is 0.530. The van der Waals surface area contributed by atoms with Crippen LogP contribution in [0.1, 0.15) is 39.0 Å². The summed E-state index contributed by atoms with van der Waals surface area (Å²) in [4.78, 5) is 17.6. The first-order valence-electron chi connectivity index (χ1n) is 12.5. The molecule has 2 aliphatic carbocycles. The van der Waals surface area contributed by atoms with Gasteiger partial charge in [0.15, 0.2) is 0 Å². The van der Waals surface area contributed by atoms with E-state index in [9.17, 15) is 18.0 Å². The Bertz CT molecular complexity index is 1050. The minimum atomic E-state index is -4.11. The topological polar surface area (TPSA) is 66.6 Å². The van der Waals surface area contributed by atoms with E-state index in [-0.39, 0.29) is 12.0 Å². The van der Waals surface area contributed by atoms with Crippen molar-refractivity contribution in [2.75, 3.05) is 38.7 Å². The molecule has 1 amide bonds. The number of likely N-dealkylation sites (tertiary alicyclic amines) is 1. The Morgan fingerprint density at radius 2 is 1.94 bits per heavy atom. The number of hydrogen-bond acceptors (Lipinski definition) is 4. The van der Waals surface area contributed by atoms with Gasteiger partial charge in [-0.15, -0.1) is 0 Å². The van der Waals surface area contributed by atoms with Gasteiger partial charge in [-0.05, 0) is 68.1 Å². The molecule has 192 valence electrons. The van der Waals surface area contributed by atoms with E-state index in [4.69, 9.17) is 9.47 Å². The van der Waals surface area contributed by atoms with Crippen LogP contribution >= 0.6 is 0 Å². The molecule has 2 saturated carbocycles. The van der Waals surface area contributed by atoms with E-state index in [1.165, 1.54) is 0 Å². The van der Waals surface area contributed by atoms with Crippen LogP contribution in [0.5, 0.6) is 5.75 Å². The van der Waals surface area contributed by atoms with Crippen LogP contribution < -0.4 is 10.1 Å². The first-order chi connectivity index (χ1) is 16.6. The fourth-order valence-electron chi connectivity index (χ4n) is 6.35. The van der Waals surface area contributed by atoms with E-state index >= 15 is 0 Å². The molecule has 0 spiro atoms. The summed E-state index contributed by atoms with van der Waals surface area (Å²) in [6.07, 6.45) is 2.15. The molecule has 3 aliphatic rings. The number of nitrogens with one attached hydrogen (secondary N) is 2. The van der Waals surface area contributed by atoms with Gasteiger partial charge in [0, 0.05) is 37.3 Å². The first-order valence-corrected chi connectivity index (χ1v) is 12.5.